The molecule has 142 valence electrons. The van der Waals surface area contributed by atoms with Crippen molar-refractivity contribution in [2.75, 3.05) is 32.2 Å². The van der Waals surface area contributed by atoms with Gasteiger partial charge in [0, 0.05) is 43.0 Å². The van der Waals surface area contributed by atoms with Crippen molar-refractivity contribution < 1.29 is 17.9 Å². The fraction of sp³-hybridized carbons (Fsp3) is 0.562. The Kier molecular flexibility index (Phi) is 3.83. The Morgan fingerprint density at radius 1 is 1.23 bits per heavy atom. The molecule has 0 bridgehead atoms. The standard InChI is InChI=1S/C16H23N5O4S/c1-20-15(11-4-13(24-2)14(25-3)5-12(11)18-20)21-8-16(9-21)6-10(7-16)19-26(17,22)23/h4-5,10,19H,6-9H2,1-3H3,(H2,17,22,23). The molecule has 2 heterocycles. The second-order valence-corrected chi connectivity index (χ2v) is 8.62. The van der Waals surface area contributed by atoms with Gasteiger partial charge in [-0.05, 0) is 18.9 Å². The number of methoxy groups -OCH3 is 2. The molecule has 0 radical (unpaired) electrons. The van der Waals surface area contributed by atoms with Crippen molar-refractivity contribution in [3.05, 3.63) is 12.1 Å². The van der Waals surface area contributed by atoms with Crippen molar-refractivity contribution in [2.45, 2.75) is 18.9 Å². The normalized spacial score (nSPS) is 19.5. The van der Waals surface area contributed by atoms with Gasteiger partial charge in [-0.1, -0.05) is 0 Å². The minimum atomic E-state index is -3.63. The molecule has 3 N–H and O–H groups in total. The van der Waals surface area contributed by atoms with Crippen LogP contribution in [0.1, 0.15) is 12.8 Å². The summed E-state index contributed by atoms with van der Waals surface area (Å²) in [5.41, 5.74) is 1.01. The van der Waals surface area contributed by atoms with Crippen LogP contribution >= 0.6 is 0 Å². The molecule has 2 aliphatic rings. The highest BCUT2D eigenvalue weighted by molar-refractivity contribution is 7.87. The third-order valence-corrected chi connectivity index (χ3v) is 6.01. The Morgan fingerprint density at radius 3 is 2.42 bits per heavy atom. The third-order valence-electron chi connectivity index (χ3n) is 5.35. The van der Waals surface area contributed by atoms with E-state index in [1.165, 1.54) is 0 Å². The average molecular weight is 381 g/mol. The van der Waals surface area contributed by atoms with Crippen molar-refractivity contribution in [2.24, 2.45) is 17.6 Å². The number of aryl methyl sites for hydroxylation is 1. The molecule has 0 atom stereocenters. The van der Waals surface area contributed by atoms with Crippen molar-refractivity contribution in [1.29, 1.82) is 0 Å². The molecule has 1 aromatic heterocycles. The molecule has 2 aromatic rings. The number of nitrogens with one attached hydrogen (secondary N) is 1. The quantitative estimate of drug-likeness (QED) is 0.773. The highest BCUT2D eigenvalue weighted by Crippen LogP contribution is 2.51. The Balaban J connectivity index is 1.53. The van der Waals surface area contributed by atoms with E-state index < -0.39 is 10.2 Å². The summed E-state index contributed by atoms with van der Waals surface area (Å²) in [6.07, 6.45) is 1.62. The number of ether oxygens (including phenoxy) is 2. The van der Waals surface area contributed by atoms with E-state index in [1.807, 2.05) is 23.9 Å². The van der Waals surface area contributed by atoms with Gasteiger partial charge in [0.1, 0.15) is 5.82 Å². The van der Waals surface area contributed by atoms with Crippen LogP contribution in [0.2, 0.25) is 0 Å². The maximum Gasteiger partial charge on any atom is 0.274 e. The van der Waals surface area contributed by atoms with Gasteiger partial charge in [0.25, 0.3) is 10.2 Å². The molecular weight excluding hydrogens is 358 g/mol. The Morgan fingerprint density at radius 2 is 1.85 bits per heavy atom. The number of hydrogen-bond donors (Lipinski definition) is 2. The largest absolute Gasteiger partial charge is 0.493 e. The summed E-state index contributed by atoms with van der Waals surface area (Å²) in [5.74, 6) is 2.36. The highest BCUT2D eigenvalue weighted by atomic mass is 32.2. The molecule has 1 aromatic carbocycles. The fourth-order valence-corrected chi connectivity index (χ4v) is 4.99. The predicted octanol–water partition coefficient (Wildman–Crippen LogP) is 0.352. The Labute approximate surface area is 152 Å². The molecule has 0 unspecified atom stereocenters. The summed E-state index contributed by atoms with van der Waals surface area (Å²) in [4.78, 5) is 2.27. The van der Waals surface area contributed by atoms with Crippen molar-refractivity contribution >= 4 is 26.9 Å². The zero-order valence-corrected chi connectivity index (χ0v) is 15.8. The van der Waals surface area contributed by atoms with E-state index >= 15 is 0 Å². The molecule has 0 amide bonds. The van der Waals surface area contributed by atoms with Crippen LogP contribution in [0.3, 0.4) is 0 Å². The SMILES string of the molecule is COc1cc2nn(C)c(N3CC4(CC(NS(N)(=O)=O)C4)C3)c2cc1OC. The molecule has 1 saturated heterocycles. The van der Waals surface area contributed by atoms with Crippen LogP contribution in [0.5, 0.6) is 11.5 Å². The molecule has 1 spiro atoms. The van der Waals surface area contributed by atoms with Crippen LogP contribution in [0.25, 0.3) is 10.9 Å². The van der Waals surface area contributed by atoms with Gasteiger partial charge >= 0.3 is 0 Å². The van der Waals surface area contributed by atoms with Crippen molar-refractivity contribution in [3.63, 3.8) is 0 Å². The summed E-state index contributed by atoms with van der Waals surface area (Å²) in [6, 6.07) is 3.77. The Bertz CT molecular complexity index is 957. The first kappa shape index (κ1) is 17.4. The van der Waals surface area contributed by atoms with Gasteiger partial charge < -0.3 is 14.4 Å². The van der Waals surface area contributed by atoms with Gasteiger partial charge in [0.05, 0.1) is 19.7 Å². The van der Waals surface area contributed by atoms with Crippen molar-refractivity contribution in [3.8, 4) is 11.5 Å². The van der Waals surface area contributed by atoms with E-state index in [4.69, 9.17) is 14.6 Å². The maximum absolute atomic E-state index is 11.1. The number of nitrogens with zero attached hydrogens (tertiary/aromatic N) is 3. The number of nitrogens with two attached hydrogens (primary N) is 1. The number of fused-ring (bicyclic) bond motifs is 1. The third kappa shape index (κ3) is 2.78. The molecular formula is C16H23N5O4S. The summed E-state index contributed by atoms with van der Waals surface area (Å²) in [7, 11) is 1.52. The lowest BCUT2D eigenvalue weighted by atomic mass is 9.61. The lowest BCUT2D eigenvalue weighted by Gasteiger charge is -2.59. The molecule has 26 heavy (non-hydrogen) atoms. The predicted molar refractivity (Wildman–Crippen MR) is 97.7 cm³/mol. The molecule has 9 nitrogen and oxygen atoms in total. The number of anilines is 1. The second kappa shape index (κ2) is 5.73. The van der Waals surface area contributed by atoms with E-state index in [0.717, 1.165) is 42.7 Å². The van der Waals surface area contributed by atoms with Crippen molar-refractivity contribution in [1.82, 2.24) is 14.5 Å². The van der Waals surface area contributed by atoms with Crippen LogP contribution in [-0.2, 0) is 17.3 Å². The van der Waals surface area contributed by atoms with Crippen LogP contribution < -0.4 is 24.2 Å². The zero-order chi connectivity index (χ0) is 18.7. The maximum atomic E-state index is 11.1. The van der Waals surface area contributed by atoms with Gasteiger partial charge in [-0.3, -0.25) is 4.68 Å². The average Bonchev–Trinajstić information content (AvgIpc) is 2.80. The highest BCUT2D eigenvalue weighted by Gasteiger charge is 2.53. The van der Waals surface area contributed by atoms with Gasteiger partial charge in [-0.15, -0.1) is 0 Å². The van der Waals surface area contributed by atoms with E-state index in [1.54, 1.807) is 14.2 Å². The number of rotatable bonds is 5. The first-order valence-electron chi connectivity index (χ1n) is 8.37. The van der Waals surface area contributed by atoms with Gasteiger partial charge in [-0.25, -0.2) is 5.14 Å². The second-order valence-electron chi connectivity index (χ2n) is 7.30. The van der Waals surface area contributed by atoms with E-state index in [2.05, 4.69) is 14.7 Å². The van der Waals surface area contributed by atoms with Gasteiger partial charge in [0.2, 0.25) is 0 Å². The topological polar surface area (TPSA) is 112 Å². The van der Waals surface area contributed by atoms with E-state index in [9.17, 15) is 8.42 Å². The minimum absolute atomic E-state index is 0.0558. The number of aromatic nitrogens is 2. The summed E-state index contributed by atoms with van der Waals surface area (Å²) >= 11 is 0. The van der Waals surface area contributed by atoms with Gasteiger partial charge in [0.15, 0.2) is 11.5 Å². The molecule has 10 heteroatoms. The van der Waals surface area contributed by atoms with E-state index in [-0.39, 0.29) is 11.5 Å². The lowest BCUT2D eigenvalue weighted by molar-refractivity contribution is 0.0581. The summed E-state index contributed by atoms with van der Waals surface area (Å²) in [5, 5.41) is 10.6. The summed E-state index contributed by atoms with van der Waals surface area (Å²) in [6.45, 7) is 1.75. The van der Waals surface area contributed by atoms with Crippen LogP contribution in [0.15, 0.2) is 12.1 Å². The smallest absolute Gasteiger partial charge is 0.274 e. The van der Waals surface area contributed by atoms with Crippen LogP contribution in [0, 0.1) is 5.41 Å². The molecule has 1 aliphatic carbocycles. The molecule has 1 saturated carbocycles. The van der Waals surface area contributed by atoms with Crippen LogP contribution in [-0.4, -0.2) is 51.5 Å². The number of benzene rings is 1. The number of hydrogen-bond acceptors (Lipinski definition) is 6. The molecule has 1 aliphatic heterocycles. The van der Waals surface area contributed by atoms with E-state index in [0.29, 0.717) is 11.5 Å². The first-order chi connectivity index (χ1) is 12.2. The molecule has 4 rings (SSSR count). The molecule has 2 fully saturated rings. The minimum Gasteiger partial charge on any atom is -0.493 e. The zero-order valence-electron chi connectivity index (χ0n) is 15.0. The first-order valence-corrected chi connectivity index (χ1v) is 9.92. The monoisotopic (exact) mass is 381 g/mol. The Hall–Kier alpha value is -2.04. The lowest BCUT2D eigenvalue weighted by Crippen LogP contribution is -2.67. The summed E-state index contributed by atoms with van der Waals surface area (Å²) < 4.78 is 37.4. The van der Waals surface area contributed by atoms with Crippen LogP contribution in [0.4, 0.5) is 5.82 Å². The van der Waals surface area contributed by atoms with Gasteiger partial charge in [-0.2, -0.15) is 18.2 Å². The fourth-order valence-electron chi connectivity index (χ4n) is 4.36.